The van der Waals surface area contributed by atoms with Crippen LogP contribution < -0.4 is 4.74 Å². The summed E-state index contributed by atoms with van der Waals surface area (Å²) in [6.07, 6.45) is 0. The molecule has 0 saturated carbocycles. The number of esters is 2. The molecule has 1 aliphatic heterocycles. The highest BCUT2D eigenvalue weighted by molar-refractivity contribution is 8.06. The van der Waals surface area contributed by atoms with Gasteiger partial charge in [-0.25, -0.2) is 9.59 Å². The van der Waals surface area contributed by atoms with Crippen molar-refractivity contribution >= 4 is 46.5 Å². The van der Waals surface area contributed by atoms with Crippen LogP contribution in [0.2, 0.25) is 0 Å². The predicted octanol–water partition coefficient (Wildman–Crippen LogP) is 2.43. The van der Waals surface area contributed by atoms with E-state index in [4.69, 9.17) is 26.4 Å². The molecule has 1 atom stereocenters. The van der Waals surface area contributed by atoms with Gasteiger partial charge in [0.05, 0.1) is 37.1 Å². The van der Waals surface area contributed by atoms with Gasteiger partial charge >= 0.3 is 11.9 Å². The highest BCUT2D eigenvalue weighted by Gasteiger charge is 2.37. The highest BCUT2D eigenvalue weighted by Crippen LogP contribution is 2.48. The van der Waals surface area contributed by atoms with Crippen LogP contribution in [0.5, 0.6) is 5.75 Å². The molecular formula is C17H19NO5S2. The second kappa shape index (κ2) is 7.88. The maximum Gasteiger partial charge on any atom is 0.345 e. The molecule has 1 unspecified atom stereocenters. The molecule has 0 bridgehead atoms. The molecule has 0 aliphatic carbocycles. The summed E-state index contributed by atoms with van der Waals surface area (Å²) in [5.74, 6) is -0.659. The van der Waals surface area contributed by atoms with E-state index >= 15 is 0 Å². The summed E-state index contributed by atoms with van der Waals surface area (Å²) >= 11 is 6.72. The van der Waals surface area contributed by atoms with Crippen molar-refractivity contribution in [3.05, 3.63) is 34.2 Å². The van der Waals surface area contributed by atoms with Gasteiger partial charge in [0.2, 0.25) is 0 Å². The third-order valence-corrected chi connectivity index (χ3v) is 5.77. The monoisotopic (exact) mass is 381 g/mol. The average molecular weight is 381 g/mol. The van der Waals surface area contributed by atoms with Crippen LogP contribution in [0.15, 0.2) is 23.1 Å². The number of hydrogen-bond donors (Lipinski definition) is 0. The molecular weight excluding hydrogens is 362 g/mol. The van der Waals surface area contributed by atoms with Gasteiger partial charge in [0.15, 0.2) is 0 Å². The molecule has 25 heavy (non-hydrogen) atoms. The van der Waals surface area contributed by atoms with Crippen molar-refractivity contribution in [2.24, 2.45) is 0 Å². The molecule has 0 radical (unpaired) electrons. The number of methoxy groups -OCH3 is 3. The van der Waals surface area contributed by atoms with E-state index < -0.39 is 11.9 Å². The number of thioether (sulfide) groups is 1. The van der Waals surface area contributed by atoms with Gasteiger partial charge in [-0.2, -0.15) is 0 Å². The fourth-order valence-electron chi connectivity index (χ4n) is 2.44. The van der Waals surface area contributed by atoms with Crippen molar-refractivity contribution < 1.29 is 23.8 Å². The lowest BCUT2D eigenvalue weighted by molar-refractivity contribution is -0.137. The van der Waals surface area contributed by atoms with E-state index in [1.165, 1.54) is 33.1 Å². The molecule has 0 amide bonds. The number of likely N-dealkylation sites (N-methyl/N-ethyl adjacent to an activating group) is 1. The Bertz CT molecular complexity index is 757. The summed E-state index contributed by atoms with van der Waals surface area (Å²) in [7, 11) is 7.74. The number of fused-ring (bicyclic) bond motifs is 1. The number of benzene rings is 1. The Morgan fingerprint density at radius 1 is 1.12 bits per heavy atom. The molecule has 0 aromatic heterocycles. The molecule has 0 N–H and O–H groups in total. The molecule has 134 valence electrons. The summed E-state index contributed by atoms with van der Waals surface area (Å²) < 4.78 is 15.0. The Kier molecular flexibility index (Phi) is 6.07. The van der Waals surface area contributed by atoms with Crippen molar-refractivity contribution in [3.63, 3.8) is 0 Å². The van der Waals surface area contributed by atoms with Gasteiger partial charge in [-0.3, -0.25) is 0 Å². The maximum absolute atomic E-state index is 12.4. The van der Waals surface area contributed by atoms with E-state index in [0.717, 1.165) is 5.56 Å². The van der Waals surface area contributed by atoms with Crippen LogP contribution in [0.1, 0.15) is 16.4 Å². The first kappa shape index (κ1) is 19.3. The molecule has 1 aliphatic rings. The molecule has 0 saturated heterocycles. The van der Waals surface area contributed by atoms with Crippen molar-refractivity contribution in [3.8, 4) is 5.75 Å². The summed E-state index contributed by atoms with van der Waals surface area (Å²) in [6, 6.07) is 5.34. The number of ether oxygens (including phenoxy) is 3. The molecule has 0 spiro atoms. The molecule has 8 heteroatoms. The van der Waals surface area contributed by atoms with Crippen molar-refractivity contribution in [2.75, 3.05) is 35.4 Å². The fraction of sp³-hybridized carbons (Fsp3) is 0.353. The summed E-state index contributed by atoms with van der Waals surface area (Å²) in [5.41, 5.74) is 1.53. The normalized spacial score (nSPS) is 16.0. The molecule has 6 nitrogen and oxygen atoms in total. The summed E-state index contributed by atoms with van der Waals surface area (Å²) in [6.45, 7) is 0. The summed E-state index contributed by atoms with van der Waals surface area (Å²) in [5, 5.41) is -0.312. The van der Waals surface area contributed by atoms with Gasteiger partial charge < -0.3 is 19.1 Å². The van der Waals surface area contributed by atoms with Crippen LogP contribution in [0, 0.1) is 0 Å². The van der Waals surface area contributed by atoms with Crippen molar-refractivity contribution in [2.45, 2.75) is 5.25 Å². The van der Waals surface area contributed by atoms with Crippen LogP contribution in [0.4, 0.5) is 0 Å². The quantitative estimate of drug-likeness (QED) is 0.582. The smallest absolute Gasteiger partial charge is 0.345 e. The minimum absolute atomic E-state index is 0.158. The molecule has 0 fully saturated rings. The van der Waals surface area contributed by atoms with E-state index in [1.54, 1.807) is 17.0 Å². The standard InChI is InChI=1S/C17H19NO5S2/c1-18(2)15(24)13-10-7-6-9(21-3)8-11(10)12(16(19)22-4)14(25-13)17(20)23-5/h6-8,13H,1-5H3. The number of carbonyl (C=O) groups is 2. The Morgan fingerprint density at radius 3 is 2.28 bits per heavy atom. The van der Waals surface area contributed by atoms with Crippen LogP contribution in [-0.4, -0.2) is 57.3 Å². The number of thiocarbonyl (C=S) groups is 1. The zero-order chi connectivity index (χ0) is 18.7. The minimum Gasteiger partial charge on any atom is -0.497 e. The van der Waals surface area contributed by atoms with Crippen LogP contribution in [-0.2, 0) is 19.1 Å². The van der Waals surface area contributed by atoms with Gasteiger partial charge in [-0.15, -0.1) is 11.8 Å². The Morgan fingerprint density at radius 2 is 1.76 bits per heavy atom. The minimum atomic E-state index is -0.614. The molecule has 1 aromatic rings. The van der Waals surface area contributed by atoms with Gasteiger partial charge in [0.25, 0.3) is 0 Å². The Hall–Kier alpha value is -2.06. The first-order chi connectivity index (χ1) is 11.8. The maximum atomic E-state index is 12.4. The van der Waals surface area contributed by atoms with E-state index in [2.05, 4.69) is 0 Å². The Labute approximate surface area is 156 Å². The van der Waals surface area contributed by atoms with E-state index in [9.17, 15) is 9.59 Å². The summed E-state index contributed by atoms with van der Waals surface area (Å²) in [4.78, 5) is 27.3. The first-order valence-corrected chi connectivity index (χ1v) is 8.61. The third kappa shape index (κ3) is 3.64. The van der Waals surface area contributed by atoms with Crippen LogP contribution in [0.3, 0.4) is 0 Å². The fourth-order valence-corrected chi connectivity index (χ4v) is 4.08. The van der Waals surface area contributed by atoms with E-state index in [1.807, 2.05) is 20.2 Å². The SMILES string of the molecule is COC(=O)C1=C(C(=O)OC)c2cc(OC)ccc2C(C(=S)N(C)C)S1. The lowest BCUT2D eigenvalue weighted by atomic mass is 9.95. The highest BCUT2D eigenvalue weighted by atomic mass is 32.2. The molecule has 1 heterocycles. The second-order valence-electron chi connectivity index (χ2n) is 5.37. The lowest BCUT2D eigenvalue weighted by Gasteiger charge is -2.30. The van der Waals surface area contributed by atoms with Gasteiger partial charge in [-0.05, 0) is 23.3 Å². The van der Waals surface area contributed by atoms with Crippen molar-refractivity contribution in [1.82, 2.24) is 4.90 Å². The predicted molar refractivity (Wildman–Crippen MR) is 101 cm³/mol. The van der Waals surface area contributed by atoms with Crippen molar-refractivity contribution in [1.29, 1.82) is 0 Å². The van der Waals surface area contributed by atoms with Gasteiger partial charge in [0, 0.05) is 14.1 Å². The molecule has 2 rings (SSSR count). The lowest BCUT2D eigenvalue weighted by Crippen LogP contribution is -2.28. The number of carbonyl (C=O) groups excluding carboxylic acids is 2. The Balaban J connectivity index is 2.76. The van der Waals surface area contributed by atoms with Crippen LogP contribution >= 0.6 is 24.0 Å². The van der Waals surface area contributed by atoms with E-state index in [-0.39, 0.29) is 15.7 Å². The second-order valence-corrected chi connectivity index (χ2v) is 6.90. The molecule has 1 aromatic carbocycles. The third-order valence-electron chi connectivity index (χ3n) is 3.70. The zero-order valence-electron chi connectivity index (χ0n) is 14.6. The van der Waals surface area contributed by atoms with Crippen LogP contribution in [0.25, 0.3) is 5.57 Å². The van der Waals surface area contributed by atoms with Gasteiger partial charge in [-0.1, -0.05) is 18.3 Å². The largest absolute Gasteiger partial charge is 0.497 e. The average Bonchev–Trinajstić information content (AvgIpc) is 2.63. The number of hydrogen-bond acceptors (Lipinski definition) is 7. The zero-order valence-corrected chi connectivity index (χ0v) is 16.2. The number of rotatable bonds is 4. The van der Waals surface area contributed by atoms with Gasteiger partial charge in [0.1, 0.15) is 10.7 Å². The topological polar surface area (TPSA) is 65.1 Å². The first-order valence-electron chi connectivity index (χ1n) is 7.32. The number of nitrogens with zero attached hydrogens (tertiary/aromatic N) is 1. The van der Waals surface area contributed by atoms with E-state index in [0.29, 0.717) is 16.3 Å².